The quantitative estimate of drug-likeness (QED) is 0.827. The summed E-state index contributed by atoms with van der Waals surface area (Å²) in [6.45, 7) is 3.18. The first-order chi connectivity index (χ1) is 7.83. The lowest BCUT2D eigenvalue weighted by molar-refractivity contribution is 0.0828. The molecule has 1 saturated carbocycles. The lowest BCUT2D eigenvalue weighted by Crippen LogP contribution is -2.40. The van der Waals surface area contributed by atoms with E-state index in [9.17, 15) is 13.5 Å². The average Bonchev–Trinajstić information content (AvgIpc) is 2.98. The van der Waals surface area contributed by atoms with Crippen molar-refractivity contribution in [3.05, 3.63) is 0 Å². The van der Waals surface area contributed by atoms with E-state index in [1.807, 2.05) is 6.92 Å². The Kier molecular flexibility index (Phi) is 3.54. The lowest BCUT2D eigenvalue weighted by atomic mass is 9.84. The highest BCUT2D eigenvalue weighted by molar-refractivity contribution is 7.88. The van der Waals surface area contributed by atoms with Gasteiger partial charge in [-0.3, -0.25) is 0 Å². The molecule has 2 rings (SSSR count). The molecule has 17 heavy (non-hydrogen) atoms. The molecule has 0 radical (unpaired) electrons. The molecule has 5 heteroatoms. The van der Waals surface area contributed by atoms with E-state index in [4.69, 9.17) is 0 Å². The monoisotopic (exact) mass is 261 g/mol. The molecule has 1 saturated heterocycles. The molecule has 1 heterocycles. The minimum atomic E-state index is -3.04. The van der Waals surface area contributed by atoms with Crippen LogP contribution in [0.2, 0.25) is 0 Å². The van der Waals surface area contributed by atoms with E-state index in [1.165, 1.54) is 6.26 Å². The van der Waals surface area contributed by atoms with E-state index in [0.717, 1.165) is 32.1 Å². The van der Waals surface area contributed by atoms with Gasteiger partial charge < -0.3 is 5.11 Å². The molecule has 0 aromatic carbocycles. The molecule has 100 valence electrons. The summed E-state index contributed by atoms with van der Waals surface area (Å²) >= 11 is 0. The first kappa shape index (κ1) is 13.3. The zero-order chi connectivity index (χ0) is 12.7. The Labute approximate surface area is 104 Å². The fourth-order valence-electron chi connectivity index (χ4n) is 3.02. The summed E-state index contributed by atoms with van der Waals surface area (Å²) in [4.78, 5) is 0. The molecule has 0 bridgehead atoms. The number of rotatable bonds is 4. The summed E-state index contributed by atoms with van der Waals surface area (Å²) in [6, 6.07) is 0. The number of aliphatic hydroxyl groups is 1. The Morgan fingerprint density at radius 3 is 2.59 bits per heavy atom. The zero-order valence-corrected chi connectivity index (χ0v) is 11.5. The normalized spacial score (nSPS) is 31.1. The maximum atomic E-state index is 11.5. The van der Waals surface area contributed by atoms with Crippen LogP contribution in [0.3, 0.4) is 0 Å². The Morgan fingerprint density at radius 2 is 2.12 bits per heavy atom. The van der Waals surface area contributed by atoms with Gasteiger partial charge in [0, 0.05) is 13.1 Å². The molecule has 2 unspecified atom stereocenters. The maximum absolute atomic E-state index is 11.5. The van der Waals surface area contributed by atoms with Crippen molar-refractivity contribution in [1.82, 2.24) is 4.31 Å². The highest BCUT2D eigenvalue weighted by atomic mass is 32.2. The van der Waals surface area contributed by atoms with Crippen LogP contribution in [0.25, 0.3) is 0 Å². The number of sulfonamides is 1. The Bertz CT molecular complexity index is 373. The second kappa shape index (κ2) is 4.52. The van der Waals surface area contributed by atoms with Gasteiger partial charge >= 0.3 is 0 Å². The van der Waals surface area contributed by atoms with Crippen LogP contribution in [0.5, 0.6) is 0 Å². The maximum Gasteiger partial charge on any atom is 0.211 e. The van der Waals surface area contributed by atoms with Crippen LogP contribution in [0, 0.1) is 11.3 Å². The van der Waals surface area contributed by atoms with Crippen molar-refractivity contribution in [2.24, 2.45) is 11.3 Å². The second-order valence-electron chi connectivity index (χ2n) is 5.87. The molecular weight excluding hydrogens is 238 g/mol. The molecule has 0 aromatic heterocycles. The zero-order valence-electron chi connectivity index (χ0n) is 10.7. The van der Waals surface area contributed by atoms with Crippen molar-refractivity contribution in [3.8, 4) is 0 Å². The van der Waals surface area contributed by atoms with Crippen LogP contribution >= 0.6 is 0 Å². The molecule has 0 spiro atoms. The fourth-order valence-corrected chi connectivity index (χ4v) is 3.96. The molecule has 0 amide bonds. The molecule has 2 aliphatic rings. The van der Waals surface area contributed by atoms with Gasteiger partial charge in [0.1, 0.15) is 0 Å². The Hall–Kier alpha value is -0.130. The highest BCUT2D eigenvalue weighted by Crippen LogP contribution is 2.54. The third kappa shape index (κ3) is 3.01. The van der Waals surface area contributed by atoms with E-state index in [2.05, 4.69) is 0 Å². The van der Waals surface area contributed by atoms with Crippen molar-refractivity contribution < 1.29 is 13.5 Å². The number of nitrogens with zero attached hydrogens (tertiary/aromatic N) is 1. The van der Waals surface area contributed by atoms with Crippen LogP contribution in [-0.2, 0) is 10.0 Å². The van der Waals surface area contributed by atoms with Crippen LogP contribution < -0.4 is 0 Å². The molecule has 0 aromatic rings. The van der Waals surface area contributed by atoms with Gasteiger partial charge in [-0.15, -0.1) is 0 Å². The van der Waals surface area contributed by atoms with Crippen molar-refractivity contribution in [2.75, 3.05) is 19.3 Å². The minimum absolute atomic E-state index is 0.102. The van der Waals surface area contributed by atoms with Crippen molar-refractivity contribution in [1.29, 1.82) is 0 Å². The molecule has 1 aliphatic heterocycles. The summed E-state index contributed by atoms with van der Waals surface area (Å²) in [5.74, 6) is 0.426. The summed E-state index contributed by atoms with van der Waals surface area (Å²) in [5.41, 5.74) is 0.102. The van der Waals surface area contributed by atoms with Crippen molar-refractivity contribution >= 4 is 10.0 Å². The first-order valence-electron chi connectivity index (χ1n) is 6.47. The van der Waals surface area contributed by atoms with Crippen LogP contribution in [0.1, 0.15) is 39.0 Å². The van der Waals surface area contributed by atoms with Crippen molar-refractivity contribution in [3.63, 3.8) is 0 Å². The minimum Gasteiger partial charge on any atom is -0.393 e. The summed E-state index contributed by atoms with van der Waals surface area (Å²) in [6.07, 6.45) is 6.26. The molecule has 1 N–H and O–H groups in total. The van der Waals surface area contributed by atoms with E-state index in [0.29, 0.717) is 19.0 Å². The summed E-state index contributed by atoms with van der Waals surface area (Å²) in [5, 5.41) is 9.77. The molecule has 4 nitrogen and oxygen atoms in total. The fraction of sp³-hybridized carbons (Fsp3) is 1.00. The average molecular weight is 261 g/mol. The number of piperidine rings is 1. The number of hydrogen-bond acceptors (Lipinski definition) is 3. The molecular formula is C12H23NO3S. The third-order valence-corrected chi connectivity index (χ3v) is 5.69. The van der Waals surface area contributed by atoms with E-state index in [1.54, 1.807) is 4.31 Å². The van der Waals surface area contributed by atoms with Gasteiger partial charge in [0.25, 0.3) is 0 Å². The number of hydrogen-bond donors (Lipinski definition) is 1. The molecule has 1 aliphatic carbocycles. The third-order valence-electron chi connectivity index (χ3n) is 4.42. The van der Waals surface area contributed by atoms with E-state index < -0.39 is 10.0 Å². The summed E-state index contributed by atoms with van der Waals surface area (Å²) in [7, 11) is -3.04. The van der Waals surface area contributed by atoms with Gasteiger partial charge in [-0.05, 0) is 50.4 Å². The van der Waals surface area contributed by atoms with Gasteiger partial charge in [-0.1, -0.05) is 0 Å². The first-order valence-corrected chi connectivity index (χ1v) is 8.31. The van der Waals surface area contributed by atoms with Crippen molar-refractivity contribution in [2.45, 2.75) is 45.1 Å². The smallest absolute Gasteiger partial charge is 0.211 e. The largest absolute Gasteiger partial charge is 0.393 e. The van der Waals surface area contributed by atoms with Gasteiger partial charge in [0.05, 0.1) is 12.4 Å². The van der Waals surface area contributed by atoms with Gasteiger partial charge in [0.2, 0.25) is 10.0 Å². The summed E-state index contributed by atoms with van der Waals surface area (Å²) < 4.78 is 24.6. The van der Waals surface area contributed by atoms with Gasteiger partial charge in [-0.25, -0.2) is 12.7 Å². The topological polar surface area (TPSA) is 57.6 Å². The van der Waals surface area contributed by atoms with Crippen LogP contribution in [0.15, 0.2) is 0 Å². The van der Waals surface area contributed by atoms with Gasteiger partial charge in [0.15, 0.2) is 0 Å². The van der Waals surface area contributed by atoms with Gasteiger partial charge in [-0.2, -0.15) is 0 Å². The Balaban J connectivity index is 1.95. The highest BCUT2D eigenvalue weighted by Gasteiger charge is 2.48. The second-order valence-corrected chi connectivity index (χ2v) is 7.85. The molecule has 2 atom stereocenters. The predicted molar refractivity (Wildman–Crippen MR) is 67.1 cm³/mol. The molecule has 2 fully saturated rings. The Morgan fingerprint density at radius 1 is 1.47 bits per heavy atom. The van der Waals surface area contributed by atoms with Crippen LogP contribution in [-0.4, -0.2) is 43.3 Å². The number of aliphatic hydroxyl groups excluding tert-OH is 1. The van der Waals surface area contributed by atoms with E-state index in [-0.39, 0.29) is 11.5 Å². The SMILES string of the molecule is CC(O)C1(CC2CCCN(S(C)(=O)=O)C2)CC1. The predicted octanol–water partition coefficient (Wildman–Crippen LogP) is 1.21. The lowest BCUT2D eigenvalue weighted by Gasteiger charge is -2.33. The van der Waals surface area contributed by atoms with Crippen LogP contribution in [0.4, 0.5) is 0 Å². The van der Waals surface area contributed by atoms with E-state index >= 15 is 0 Å². The standard InChI is InChI=1S/C12H23NO3S/c1-10(14)12(5-6-12)8-11-4-3-7-13(9-11)17(2,15)16/h10-11,14H,3-9H2,1-2H3.